The molecule has 1 heterocycles. The highest BCUT2D eigenvalue weighted by atomic mass is 35.6. The summed E-state index contributed by atoms with van der Waals surface area (Å²) in [5.74, 6) is 0.724. The minimum absolute atomic E-state index is 0.0731. The number of amides is 1. The monoisotopic (exact) mass is 410 g/mol. The Balaban J connectivity index is 1.90. The smallest absolute Gasteiger partial charge is 0.408 e. The molecule has 1 aromatic carbocycles. The third kappa shape index (κ3) is 6.98. The van der Waals surface area contributed by atoms with Crippen molar-refractivity contribution in [3.63, 3.8) is 0 Å². The van der Waals surface area contributed by atoms with Gasteiger partial charge in [-0.15, -0.1) is 0 Å². The molecule has 1 aliphatic heterocycles. The van der Waals surface area contributed by atoms with Crippen LogP contribution < -0.4 is 15.4 Å². The van der Waals surface area contributed by atoms with E-state index in [0.717, 1.165) is 18.6 Å². The van der Waals surface area contributed by atoms with Gasteiger partial charge in [-0.05, 0) is 44.0 Å². The summed E-state index contributed by atoms with van der Waals surface area (Å²) >= 11 is 17.9. The molecule has 0 aliphatic carbocycles. The van der Waals surface area contributed by atoms with Crippen LogP contribution in [0.5, 0.6) is 5.75 Å². The van der Waals surface area contributed by atoms with Gasteiger partial charge in [-0.1, -0.05) is 34.8 Å². The second-order valence-electron chi connectivity index (χ2n) is 5.45. The van der Waals surface area contributed by atoms with E-state index in [2.05, 4.69) is 10.6 Å². The average Bonchev–Trinajstić information content (AvgIpc) is 3.07. The van der Waals surface area contributed by atoms with Crippen LogP contribution in [-0.2, 0) is 9.47 Å². The maximum Gasteiger partial charge on any atom is 0.408 e. The van der Waals surface area contributed by atoms with Gasteiger partial charge in [-0.3, -0.25) is 5.32 Å². The number of rotatable bonds is 7. The highest BCUT2D eigenvalue weighted by Gasteiger charge is 2.34. The fraction of sp³-hybridized carbons (Fsp3) is 0.562. The molecule has 25 heavy (non-hydrogen) atoms. The van der Waals surface area contributed by atoms with Crippen molar-refractivity contribution >= 4 is 46.6 Å². The number of alkyl halides is 3. The number of carbonyl (C=O) groups excluding carboxylic acids is 1. The summed E-state index contributed by atoms with van der Waals surface area (Å²) in [7, 11) is 0. The van der Waals surface area contributed by atoms with E-state index in [1.54, 1.807) is 24.3 Å². The van der Waals surface area contributed by atoms with Gasteiger partial charge in [-0.25, -0.2) is 4.79 Å². The first-order valence-corrected chi connectivity index (χ1v) is 9.13. The molecule has 0 spiro atoms. The van der Waals surface area contributed by atoms with Crippen molar-refractivity contribution < 1.29 is 19.0 Å². The molecule has 1 aliphatic rings. The van der Waals surface area contributed by atoms with Crippen molar-refractivity contribution in [1.82, 2.24) is 5.32 Å². The molecule has 1 aromatic rings. The molecule has 1 amide bonds. The zero-order valence-electron chi connectivity index (χ0n) is 13.8. The van der Waals surface area contributed by atoms with Gasteiger partial charge in [0, 0.05) is 12.3 Å². The first kappa shape index (κ1) is 20.2. The molecule has 0 saturated carbocycles. The number of anilines is 1. The second-order valence-corrected chi connectivity index (χ2v) is 7.82. The number of benzene rings is 1. The van der Waals surface area contributed by atoms with Gasteiger partial charge in [0.1, 0.15) is 18.5 Å². The Kier molecular flexibility index (Phi) is 7.75. The maximum atomic E-state index is 12.0. The summed E-state index contributed by atoms with van der Waals surface area (Å²) in [6, 6.07) is 7.07. The highest BCUT2D eigenvalue weighted by Crippen LogP contribution is 2.31. The lowest BCUT2D eigenvalue weighted by Gasteiger charge is -2.27. The number of halogens is 3. The van der Waals surface area contributed by atoms with Gasteiger partial charge in [0.15, 0.2) is 0 Å². The van der Waals surface area contributed by atoms with Gasteiger partial charge >= 0.3 is 6.09 Å². The SMILES string of the molecule is CCOc1ccc(N[C@H](NC(=O)OC[C@H]2CCCO2)C(Cl)(Cl)Cl)cc1. The van der Waals surface area contributed by atoms with Crippen LogP contribution in [0.3, 0.4) is 0 Å². The van der Waals surface area contributed by atoms with E-state index >= 15 is 0 Å². The summed E-state index contributed by atoms with van der Waals surface area (Å²) in [5.41, 5.74) is 0.652. The van der Waals surface area contributed by atoms with E-state index in [1.807, 2.05) is 6.92 Å². The topological polar surface area (TPSA) is 68.8 Å². The molecule has 2 rings (SSSR count). The lowest BCUT2D eigenvalue weighted by atomic mass is 10.2. The van der Waals surface area contributed by atoms with Gasteiger partial charge < -0.3 is 19.5 Å². The standard InChI is InChI=1S/C16H21Cl3N2O4/c1-2-23-12-7-5-11(6-8-12)20-14(16(17,18)19)21-15(22)25-10-13-4-3-9-24-13/h5-8,13-14,20H,2-4,9-10H2,1H3,(H,21,22)/t13-,14-/m1/s1. The summed E-state index contributed by atoms with van der Waals surface area (Å²) in [6.07, 6.45) is 0.0888. The molecule has 1 fully saturated rings. The molecule has 9 heteroatoms. The number of alkyl carbamates (subject to hydrolysis) is 1. The van der Waals surface area contributed by atoms with Crippen LogP contribution >= 0.6 is 34.8 Å². The van der Waals surface area contributed by atoms with E-state index in [1.165, 1.54) is 0 Å². The third-order valence-corrected chi connectivity index (χ3v) is 4.14. The van der Waals surface area contributed by atoms with Gasteiger partial charge in [0.2, 0.25) is 3.79 Å². The Labute approximate surface area is 162 Å². The van der Waals surface area contributed by atoms with Crippen molar-refractivity contribution in [3.8, 4) is 5.75 Å². The molecule has 0 aromatic heterocycles. The largest absolute Gasteiger partial charge is 0.494 e. The molecule has 2 N–H and O–H groups in total. The first-order chi connectivity index (χ1) is 11.9. The minimum Gasteiger partial charge on any atom is -0.494 e. The lowest BCUT2D eigenvalue weighted by molar-refractivity contribution is 0.0432. The van der Waals surface area contributed by atoms with Crippen molar-refractivity contribution in [3.05, 3.63) is 24.3 Å². The zero-order chi connectivity index (χ0) is 18.3. The van der Waals surface area contributed by atoms with Gasteiger partial charge in [0.25, 0.3) is 0 Å². The zero-order valence-corrected chi connectivity index (χ0v) is 16.0. The van der Waals surface area contributed by atoms with E-state index in [-0.39, 0.29) is 12.7 Å². The molecular formula is C16H21Cl3N2O4. The van der Waals surface area contributed by atoms with Crippen molar-refractivity contribution in [2.24, 2.45) is 0 Å². The maximum absolute atomic E-state index is 12.0. The molecule has 0 radical (unpaired) electrons. The molecular weight excluding hydrogens is 391 g/mol. The third-order valence-electron chi connectivity index (χ3n) is 3.49. The normalized spacial score (nSPS) is 18.5. The van der Waals surface area contributed by atoms with E-state index < -0.39 is 16.1 Å². The highest BCUT2D eigenvalue weighted by molar-refractivity contribution is 6.68. The van der Waals surface area contributed by atoms with Crippen LogP contribution in [0.15, 0.2) is 24.3 Å². The predicted octanol–water partition coefficient (Wildman–Crippen LogP) is 4.10. The molecule has 0 unspecified atom stereocenters. The fourth-order valence-electron chi connectivity index (χ4n) is 2.28. The number of hydrogen-bond acceptors (Lipinski definition) is 5. The first-order valence-electron chi connectivity index (χ1n) is 7.99. The van der Waals surface area contributed by atoms with E-state index in [0.29, 0.717) is 18.9 Å². The van der Waals surface area contributed by atoms with Crippen LogP contribution in [0.4, 0.5) is 10.5 Å². The van der Waals surface area contributed by atoms with Crippen LogP contribution in [0.25, 0.3) is 0 Å². The van der Waals surface area contributed by atoms with E-state index in [4.69, 9.17) is 49.0 Å². The Bertz CT molecular complexity index is 545. The summed E-state index contributed by atoms with van der Waals surface area (Å²) in [5, 5.41) is 5.47. The number of hydrogen-bond donors (Lipinski definition) is 2. The van der Waals surface area contributed by atoms with Gasteiger partial charge in [-0.2, -0.15) is 0 Å². The molecule has 2 atom stereocenters. The molecule has 140 valence electrons. The van der Waals surface area contributed by atoms with Gasteiger partial charge in [0.05, 0.1) is 12.7 Å². The number of nitrogens with one attached hydrogen (secondary N) is 2. The average molecular weight is 412 g/mol. The molecule has 6 nitrogen and oxygen atoms in total. The summed E-state index contributed by atoms with van der Waals surface area (Å²) in [6.45, 7) is 3.33. The number of carbonyl (C=O) groups is 1. The summed E-state index contributed by atoms with van der Waals surface area (Å²) < 4.78 is 14.1. The molecule has 1 saturated heterocycles. The predicted molar refractivity (Wildman–Crippen MR) is 98.8 cm³/mol. The quantitative estimate of drug-likeness (QED) is 0.522. The summed E-state index contributed by atoms with van der Waals surface area (Å²) in [4.78, 5) is 12.0. The second kappa shape index (κ2) is 9.57. The van der Waals surface area contributed by atoms with Crippen molar-refractivity contribution in [2.75, 3.05) is 25.1 Å². The lowest BCUT2D eigenvalue weighted by Crippen LogP contribution is -2.49. The van der Waals surface area contributed by atoms with E-state index in [9.17, 15) is 4.79 Å². The number of ether oxygens (including phenoxy) is 3. The molecule has 0 bridgehead atoms. The minimum atomic E-state index is -1.78. The van der Waals surface area contributed by atoms with Crippen LogP contribution in [0.1, 0.15) is 19.8 Å². The Morgan fingerprint density at radius 3 is 2.64 bits per heavy atom. The fourth-order valence-corrected chi connectivity index (χ4v) is 2.61. The Hall–Kier alpha value is -1.08. The van der Waals surface area contributed by atoms with Crippen LogP contribution in [-0.4, -0.2) is 42.0 Å². The van der Waals surface area contributed by atoms with Crippen LogP contribution in [0.2, 0.25) is 0 Å². The van der Waals surface area contributed by atoms with Crippen molar-refractivity contribution in [1.29, 1.82) is 0 Å². The Morgan fingerprint density at radius 2 is 2.08 bits per heavy atom. The Morgan fingerprint density at radius 1 is 1.36 bits per heavy atom. The van der Waals surface area contributed by atoms with Crippen LogP contribution in [0, 0.1) is 0 Å². The van der Waals surface area contributed by atoms with Crippen molar-refractivity contribution in [2.45, 2.75) is 35.8 Å².